The predicted octanol–water partition coefficient (Wildman–Crippen LogP) is 2.22. The second-order valence-corrected chi connectivity index (χ2v) is 4.33. The molecular formula is C10H20F3N3. The topological polar surface area (TPSA) is 53.1 Å². The van der Waals surface area contributed by atoms with Gasteiger partial charge in [-0.3, -0.25) is 5.41 Å². The van der Waals surface area contributed by atoms with Crippen molar-refractivity contribution in [2.75, 3.05) is 19.6 Å². The fourth-order valence-corrected chi connectivity index (χ4v) is 1.37. The number of nitrogens with two attached hydrogens (primary N) is 1. The Hall–Kier alpha value is -0.780. The third kappa shape index (κ3) is 9.76. The van der Waals surface area contributed by atoms with Gasteiger partial charge >= 0.3 is 6.18 Å². The van der Waals surface area contributed by atoms with Crippen LogP contribution < -0.4 is 5.73 Å². The van der Waals surface area contributed by atoms with E-state index < -0.39 is 12.6 Å². The van der Waals surface area contributed by atoms with Crippen molar-refractivity contribution in [3.8, 4) is 0 Å². The summed E-state index contributed by atoms with van der Waals surface area (Å²) in [6.45, 7) is 4.91. The van der Waals surface area contributed by atoms with E-state index in [1.807, 2.05) is 13.8 Å². The Kier molecular flexibility index (Phi) is 6.40. The van der Waals surface area contributed by atoms with Gasteiger partial charge in [0.15, 0.2) is 0 Å². The van der Waals surface area contributed by atoms with Crippen LogP contribution in [-0.4, -0.2) is 36.5 Å². The van der Waals surface area contributed by atoms with Gasteiger partial charge in [-0.05, 0) is 5.92 Å². The predicted molar refractivity (Wildman–Crippen MR) is 58.5 cm³/mol. The maximum absolute atomic E-state index is 12.1. The zero-order valence-electron chi connectivity index (χ0n) is 9.77. The van der Waals surface area contributed by atoms with Gasteiger partial charge in [-0.25, -0.2) is 0 Å². The summed E-state index contributed by atoms with van der Waals surface area (Å²) in [6.07, 6.45) is -4.60. The van der Waals surface area contributed by atoms with Crippen LogP contribution in [0.2, 0.25) is 0 Å². The molecule has 0 fully saturated rings. The van der Waals surface area contributed by atoms with E-state index in [1.54, 1.807) is 4.90 Å². The molecule has 0 bridgehead atoms. The van der Waals surface area contributed by atoms with Gasteiger partial charge in [0.25, 0.3) is 0 Å². The zero-order valence-corrected chi connectivity index (χ0v) is 9.77. The Balaban J connectivity index is 4.05. The second-order valence-electron chi connectivity index (χ2n) is 4.33. The van der Waals surface area contributed by atoms with Crippen molar-refractivity contribution in [3.05, 3.63) is 0 Å². The van der Waals surface area contributed by atoms with Crippen molar-refractivity contribution < 1.29 is 13.2 Å². The highest BCUT2D eigenvalue weighted by molar-refractivity contribution is 5.76. The van der Waals surface area contributed by atoms with Crippen LogP contribution in [0, 0.1) is 11.3 Å². The van der Waals surface area contributed by atoms with Crippen LogP contribution in [0.1, 0.15) is 26.7 Å². The maximum atomic E-state index is 12.1. The Bertz CT molecular complexity index is 214. The molecule has 0 aliphatic heterocycles. The van der Waals surface area contributed by atoms with Gasteiger partial charge in [0.1, 0.15) is 0 Å². The molecule has 0 aromatic heterocycles. The molecule has 0 heterocycles. The molecule has 16 heavy (non-hydrogen) atoms. The minimum absolute atomic E-state index is 0.0146. The van der Waals surface area contributed by atoms with Crippen LogP contribution in [0.4, 0.5) is 13.2 Å². The van der Waals surface area contributed by atoms with Crippen molar-refractivity contribution in [3.63, 3.8) is 0 Å². The average molecular weight is 239 g/mol. The quantitative estimate of drug-likeness (QED) is 0.528. The lowest BCUT2D eigenvalue weighted by Crippen LogP contribution is -2.34. The van der Waals surface area contributed by atoms with Crippen molar-refractivity contribution in [2.24, 2.45) is 11.7 Å². The molecule has 0 spiro atoms. The lowest BCUT2D eigenvalue weighted by atomic mass is 10.2. The zero-order chi connectivity index (χ0) is 12.8. The Morgan fingerprint density at radius 2 is 1.88 bits per heavy atom. The van der Waals surface area contributed by atoms with Crippen LogP contribution in [0.3, 0.4) is 0 Å². The maximum Gasteiger partial charge on any atom is 0.390 e. The number of alkyl halides is 3. The molecule has 0 saturated carbocycles. The van der Waals surface area contributed by atoms with Crippen molar-refractivity contribution in [2.45, 2.75) is 32.9 Å². The van der Waals surface area contributed by atoms with Crippen molar-refractivity contribution in [1.29, 1.82) is 5.41 Å². The van der Waals surface area contributed by atoms with Crippen LogP contribution >= 0.6 is 0 Å². The third-order valence-electron chi connectivity index (χ3n) is 2.03. The van der Waals surface area contributed by atoms with E-state index in [-0.39, 0.29) is 12.4 Å². The standard InChI is InChI=1S/C10H20F3N3/c1-8(2)7-16(5-3-9(14)15)6-4-10(11,12)13/h8H,3-7H2,1-2H3,(H3,14,15). The first-order valence-electron chi connectivity index (χ1n) is 5.32. The highest BCUT2D eigenvalue weighted by Gasteiger charge is 2.27. The van der Waals surface area contributed by atoms with Crippen molar-refractivity contribution in [1.82, 2.24) is 4.90 Å². The summed E-state index contributed by atoms with van der Waals surface area (Å²) in [5.41, 5.74) is 5.19. The van der Waals surface area contributed by atoms with E-state index in [2.05, 4.69) is 0 Å². The summed E-state index contributed by atoms with van der Waals surface area (Å²) in [6, 6.07) is 0. The molecule has 0 aromatic rings. The van der Waals surface area contributed by atoms with Gasteiger partial charge in [-0.2, -0.15) is 13.2 Å². The number of nitrogens with one attached hydrogen (secondary N) is 1. The minimum Gasteiger partial charge on any atom is -0.388 e. The van der Waals surface area contributed by atoms with Gasteiger partial charge in [-0.15, -0.1) is 0 Å². The molecule has 0 amide bonds. The molecule has 0 atom stereocenters. The SMILES string of the molecule is CC(C)CN(CCC(=N)N)CCC(F)(F)F. The van der Waals surface area contributed by atoms with Gasteiger partial charge in [0, 0.05) is 26.1 Å². The number of nitrogens with zero attached hydrogens (tertiary/aromatic N) is 1. The summed E-state index contributed by atoms with van der Waals surface area (Å²) in [4.78, 5) is 1.71. The van der Waals surface area contributed by atoms with Crippen molar-refractivity contribution >= 4 is 5.84 Å². The van der Waals surface area contributed by atoms with E-state index in [4.69, 9.17) is 11.1 Å². The van der Waals surface area contributed by atoms with Gasteiger partial charge in [0.2, 0.25) is 0 Å². The minimum atomic E-state index is -4.12. The molecule has 96 valence electrons. The Morgan fingerprint density at radius 1 is 1.31 bits per heavy atom. The summed E-state index contributed by atoms with van der Waals surface area (Å²) in [5.74, 6) is 0.320. The number of halogens is 3. The highest BCUT2D eigenvalue weighted by Crippen LogP contribution is 2.20. The smallest absolute Gasteiger partial charge is 0.388 e. The molecule has 0 aliphatic carbocycles. The summed E-state index contributed by atoms with van der Waals surface area (Å²) < 4.78 is 36.2. The van der Waals surface area contributed by atoms with E-state index in [0.717, 1.165) is 0 Å². The molecule has 0 aromatic carbocycles. The summed E-state index contributed by atoms with van der Waals surface area (Å²) in [5, 5.41) is 7.05. The number of amidine groups is 1. The molecule has 6 heteroatoms. The first-order chi connectivity index (χ1) is 7.20. The second kappa shape index (κ2) is 6.73. The monoisotopic (exact) mass is 239 g/mol. The molecule has 3 N–H and O–H groups in total. The molecule has 0 aliphatic rings. The largest absolute Gasteiger partial charge is 0.390 e. The van der Waals surface area contributed by atoms with Crippen LogP contribution in [0.15, 0.2) is 0 Å². The fraction of sp³-hybridized carbons (Fsp3) is 0.900. The number of rotatable bonds is 7. The van der Waals surface area contributed by atoms with E-state index in [1.165, 1.54) is 0 Å². The molecule has 3 nitrogen and oxygen atoms in total. The summed E-state index contributed by atoms with van der Waals surface area (Å²) in [7, 11) is 0. The number of hydrogen-bond acceptors (Lipinski definition) is 2. The average Bonchev–Trinajstić information content (AvgIpc) is 2.07. The molecule has 0 radical (unpaired) electrons. The first-order valence-corrected chi connectivity index (χ1v) is 5.32. The van der Waals surface area contributed by atoms with Crippen LogP contribution in [0.25, 0.3) is 0 Å². The lowest BCUT2D eigenvalue weighted by Gasteiger charge is -2.24. The lowest BCUT2D eigenvalue weighted by molar-refractivity contribution is -0.138. The Morgan fingerprint density at radius 3 is 2.25 bits per heavy atom. The molecular weight excluding hydrogens is 219 g/mol. The van der Waals surface area contributed by atoms with E-state index in [9.17, 15) is 13.2 Å². The molecule has 0 rings (SSSR count). The fourth-order valence-electron chi connectivity index (χ4n) is 1.37. The van der Waals surface area contributed by atoms with Crippen LogP contribution in [-0.2, 0) is 0 Å². The summed E-state index contributed by atoms with van der Waals surface area (Å²) >= 11 is 0. The Labute approximate surface area is 94.3 Å². The van der Waals surface area contributed by atoms with Gasteiger partial charge < -0.3 is 10.6 Å². The van der Waals surface area contributed by atoms with Gasteiger partial charge in [-0.1, -0.05) is 13.8 Å². The third-order valence-corrected chi connectivity index (χ3v) is 2.03. The first kappa shape index (κ1) is 15.2. The van der Waals surface area contributed by atoms with E-state index >= 15 is 0 Å². The molecule has 0 saturated heterocycles. The van der Waals surface area contributed by atoms with Gasteiger partial charge in [0.05, 0.1) is 12.3 Å². The normalized spacial score (nSPS) is 12.4. The number of hydrogen-bond donors (Lipinski definition) is 2. The highest BCUT2D eigenvalue weighted by atomic mass is 19.4. The molecule has 0 unspecified atom stereocenters. The van der Waals surface area contributed by atoms with Crippen LogP contribution in [0.5, 0.6) is 0 Å². The van der Waals surface area contributed by atoms with E-state index in [0.29, 0.717) is 25.4 Å².